The van der Waals surface area contributed by atoms with Crippen LogP contribution in [-0.4, -0.2) is 25.2 Å². The van der Waals surface area contributed by atoms with Crippen molar-refractivity contribution in [1.29, 1.82) is 0 Å². The standard InChI is InChI=1S/C9H20N2/c1-8(4-7-10-3)11-9(2)5-6-9/h8,10-11H,4-7H2,1-3H3. The third kappa shape index (κ3) is 3.21. The Bertz CT molecular complexity index is 119. The molecule has 0 saturated heterocycles. The Balaban J connectivity index is 2.05. The van der Waals surface area contributed by atoms with Crippen molar-refractivity contribution < 1.29 is 0 Å². The third-order valence-corrected chi connectivity index (χ3v) is 2.42. The molecule has 1 aliphatic carbocycles. The molecular formula is C9H20N2. The first-order chi connectivity index (χ1) is 5.16. The molecule has 0 heterocycles. The molecule has 1 unspecified atom stereocenters. The van der Waals surface area contributed by atoms with Crippen molar-refractivity contribution in [3.8, 4) is 0 Å². The van der Waals surface area contributed by atoms with E-state index in [0.717, 1.165) is 6.54 Å². The molecule has 1 atom stereocenters. The molecule has 0 radical (unpaired) electrons. The van der Waals surface area contributed by atoms with Gasteiger partial charge in [0.05, 0.1) is 0 Å². The largest absolute Gasteiger partial charge is 0.320 e. The van der Waals surface area contributed by atoms with Crippen LogP contribution in [0.3, 0.4) is 0 Å². The van der Waals surface area contributed by atoms with Gasteiger partial charge in [-0.3, -0.25) is 0 Å². The fraction of sp³-hybridized carbons (Fsp3) is 1.00. The maximum absolute atomic E-state index is 3.62. The molecular weight excluding hydrogens is 136 g/mol. The lowest BCUT2D eigenvalue weighted by atomic mass is 10.2. The molecule has 0 amide bonds. The second-order valence-electron chi connectivity index (χ2n) is 4.00. The van der Waals surface area contributed by atoms with Crippen LogP contribution < -0.4 is 10.6 Å². The Kier molecular flexibility index (Phi) is 2.90. The van der Waals surface area contributed by atoms with Gasteiger partial charge in [-0.1, -0.05) is 0 Å². The zero-order valence-corrected chi connectivity index (χ0v) is 7.91. The second-order valence-corrected chi connectivity index (χ2v) is 4.00. The smallest absolute Gasteiger partial charge is 0.0157 e. The molecule has 0 aromatic heterocycles. The summed E-state index contributed by atoms with van der Waals surface area (Å²) in [5.74, 6) is 0. The number of hydrogen-bond acceptors (Lipinski definition) is 2. The van der Waals surface area contributed by atoms with Crippen molar-refractivity contribution in [2.75, 3.05) is 13.6 Å². The minimum Gasteiger partial charge on any atom is -0.320 e. The van der Waals surface area contributed by atoms with Crippen LogP contribution in [0.25, 0.3) is 0 Å². The van der Waals surface area contributed by atoms with E-state index in [1.807, 2.05) is 7.05 Å². The highest BCUT2D eigenvalue weighted by atomic mass is 15.0. The summed E-state index contributed by atoms with van der Waals surface area (Å²) in [5, 5.41) is 6.79. The lowest BCUT2D eigenvalue weighted by molar-refractivity contribution is 0.430. The van der Waals surface area contributed by atoms with Crippen LogP contribution in [0.4, 0.5) is 0 Å². The summed E-state index contributed by atoms with van der Waals surface area (Å²) in [6, 6.07) is 0.662. The van der Waals surface area contributed by atoms with Gasteiger partial charge >= 0.3 is 0 Å². The van der Waals surface area contributed by atoms with Gasteiger partial charge < -0.3 is 10.6 Å². The average molecular weight is 156 g/mol. The average Bonchev–Trinajstić information content (AvgIpc) is 2.63. The summed E-state index contributed by atoms with van der Waals surface area (Å²) in [6.45, 7) is 5.69. The molecule has 0 aliphatic heterocycles. The summed E-state index contributed by atoms with van der Waals surface area (Å²) in [6.07, 6.45) is 3.94. The van der Waals surface area contributed by atoms with Crippen LogP contribution in [0.5, 0.6) is 0 Å². The molecule has 0 spiro atoms. The highest BCUT2D eigenvalue weighted by Crippen LogP contribution is 2.34. The zero-order valence-electron chi connectivity index (χ0n) is 7.91. The van der Waals surface area contributed by atoms with E-state index in [9.17, 15) is 0 Å². The second kappa shape index (κ2) is 3.55. The minimum absolute atomic E-state index is 0.493. The van der Waals surface area contributed by atoms with Gasteiger partial charge in [-0.25, -0.2) is 0 Å². The Labute approximate surface area is 69.8 Å². The van der Waals surface area contributed by atoms with Crippen LogP contribution in [0.1, 0.15) is 33.1 Å². The Morgan fingerprint density at radius 1 is 1.45 bits per heavy atom. The van der Waals surface area contributed by atoms with Gasteiger partial charge in [-0.2, -0.15) is 0 Å². The number of nitrogens with one attached hydrogen (secondary N) is 2. The lowest BCUT2D eigenvalue weighted by Crippen LogP contribution is -2.37. The lowest BCUT2D eigenvalue weighted by Gasteiger charge is -2.18. The van der Waals surface area contributed by atoms with Crippen molar-refractivity contribution in [2.45, 2.75) is 44.7 Å². The first kappa shape index (κ1) is 9.01. The van der Waals surface area contributed by atoms with Gasteiger partial charge in [0, 0.05) is 11.6 Å². The SMILES string of the molecule is CNCCC(C)NC1(C)CC1. The first-order valence-electron chi connectivity index (χ1n) is 4.58. The van der Waals surface area contributed by atoms with Crippen molar-refractivity contribution >= 4 is 0 Å². The van der Waals surface area contributed by atoms with Gasteiger partial charge in [0.2, 0.25) is 0 Å². The van der Waals surface area contributed by atoms with E-state index in [0.29, 0.717) is 11.6 Å². The Morgan fingerprint density at radius 3 is 2.55 bits per heavy atom. The van der Waals surface area contributed by atoms with Gasteiger partial charge in [-0.15, -0.1) is 0 Å². The summed E-state index contributed by atoms with van der Waals surface area (Å²) >= 11 is 0. The molecule has 2 heteroatoms. The van der Waals surface area contributed by atoms with E-state index in [2.05, 4.69) is 24.5 Å². The molecule has 1 fully saturated rings. The van der Waals surface area contributed by atoms with Gasteiger partial charge in [0.15, 0.2) is 0 Å². The van der Waals surface area contributed by atoms with Crippen LogP contribution in [0.2, 0.25) is 0 Å². The summed E-state index contributed by atoms with van der Waals surface area (Å²) in [5.41, 5.74) is 0.493. The van der Waals surface area contributed by atoms with E-state index in [-0.39, 0.29) is 0 Å². The molecule has 1 saturated carbocycles. The molecule has 11 heavy (non-hydrogen) atoms. The number of rotatable bonds is 5. The van der Waals surface area contributed by atoms with Crippen molar-refractivity contribution in [2.24, 2.45) is 0 Å². The summed E-state index contributed by atoms with van der Waals surface area (Å²) < 4.78 is 0. The van der Waals surface area contributed by atoms with E-state index >= 15 is 0 Å². The van der Waals surface area contributed by atoms with Gasteiger partial charge in [0.25, 0.3) is 0 Å². The van der Waals surface area contributed by atoms with E-state index < -0.39 is 0 Å². The third-order valence-electron chi connectivity index (χ3n) is 2.42. The van der Waals surface area contributed by atoms with Crippen LogP contribution in [0, 0.1) is 0 Å². The molecule has 1 rings (SSSR count). The predicted molar refractivity (Wildman–Crippen MR) is 48.8 cm³/mol. The molecule has 0 bridgehead atoms. The van der Waals surface area contributed by atoms with Crippen LogP contribution >= 0.6 is 0 Å². The van der Waals surface area contributed by atoms with Crippen molar-refractivity contribution in [3.63, 3.8) is 0 Å². The van der Waals surface area contributed by atoms with Gasteiger partial charge in [0.1, 0.15) is 0 Å². The highest BCUT2D eigenvalue weighted by molar-refractivity contribution is 4.98. The molecule has 66 valence electrons. The minimum atomic E-state index is 0.493. The summed E-state index contributed by atoms with van der Waals surface area (Å²) in [7, 11) is 2.01. The molecule has 2 N–H and O–H groups in total. The molecule has 2 nitrogen and oxygen atoms in total. The summed E-state index contributed by atoms with van der Waals surface area (Å²) in [4.78, 5) is 0. The van der Waals surface area contributed by atoms with Gasteiger partial charge in [-0.05, 0) is 46.7 Å². The topological polar surface area (TPSA) is 24.1 Å². The normalized spacial score (nSPS) is 23.2. The predicted octanol–water partition coefficient (Wildman–Crippen LogP) is 1.13. The maximum atomic E-state index is 3.62. The Morgan fingerprint density at radius 2 is 2.09 bits per heavy atom. The quantitative estimate of drug-likeness (QED) is 0.623. The molecule has 0 aromatic carbocycles. The highest BCUT2D eigenvalue weighted by Gasteiger charge is 2.37. The molecule has 1 aliphatic rings. The van der Waals surface area contributed by atoms with E-state index in [1.165, 1.54) is 19.3 Å². The monoisotopic (exact) mass is 156 g/mol. The van der Waals surface area contributed by atoms with Crippen molar-refractivity contribution in [1.82, 2.24) is 10.6 Å². The zero-order chi connectivity index (χ0) is 8.32. The molecule has 0 aromatic rings. The first-order valence-corrected chi connectivity index (χ1v) is 4.58. The fourth-order valence-electron chi connectivity index (χ4n) is 1.36. The fourth-order valence-corrected chi connectivity index (χ4v) is 1.36. The van der Waals surface area contributed by atoms with E-state index in [1.54, 1.807) is 0 Å². The van der Waals surface area contributed by atoms with Crippen LogP contribution in [-0.2, 0) is 0 Å². The maximum Gasteiger partial charge on any atom is 0.0157 e. The number of hydrogen-bond donors (Lipinski definition) is 2. The Hall–Kier alpha value is -0.0800. The van der Waals surface area contributed by atoms with Crippen LogP contribution in [0.15, 0.2) is 0 Å². The van der Waals surface area contributed by atoms with Crippen molar-refractivity contribution in [3.05, 3.63) is 0 Å². The van der Waals surface area contributed by atoms with E-state index in [4.69, 9.17) is 0 Å².